The molecule has 104 valence electrons. The van der Waals surface area contributed by atoms with Gasteiger partial charge < -0.3 is 9.55 Å². The molecular formula is C13H14N4O2S. The molecule has 0 saturated heterocycles. The van der Waals surface area contributed by atoms with E-state index in [9.17, 15) is 8.42 Å². The Balaban J connectivity index is 1.99. The largest absolute Gasteiger partial charge is 0.347 e. The highest BCUT2D eigenvalue weighted by atomic mass is 32.2. The molecule has 0 fully saturated rings. The SMILES string of the molecule is CS(=O)(=O)Nc1ccc2ccn(Cc3cnc[nH]3)c2c1. The second-order valence-corrected chi connectivity index (χ2v) is 6.42. The molecule has 7 heteroatoms. The van der Waals surface area contributed by atoms with Gasteiger partial charge in [-0.15, -0.1) is 0 Å². The van der Waals surface area contributed by atoms with Crippen LogP contribution in [-0.2, 0) is 16.6 Å². The van der Waals surface area contributed by atoms with Crippen molar-refractivity contribution in [2.75, 3.05) is 11.0 Å². The minimum atomic E-state index is -3.27. The fourth-order valence-electron chi connectivity index (χ4n) is 2.15. The van der Waals surface area contributed by atoms with E-state index >= 15 is 0 Å². The number of anilines is 1. The highest BCUT2D eigenvalue weighted by Gasteiger charge is 2.06. The maximum Gasteiger partial charge on any atom is 0.229 e. The normalized spacial score (nSPS) is 11.8. The average molecular weight is 290 g/mol. The number of rotatable bonds is 4. The number of aromatic nitrogens is 3. The summed E-state index contributed by atoms with van der Waals surface area (Å²) in [5, 5.41) is 1.06. The van der Waals surface area contributed by atoms with Gasteiger partial charge >= 0.3 is 0 Å². The first-order valence-corrected chi connectivity index (χ1v) is 7.94. The van der Waals surface area contributed by atoms with Crippen LogP contribution in [0.4, 0.5) is 5.69 Å². The minimum Gasteiger partial charge on any atom is -0.347 e. The molecule has 1 aromatic carbocycles. The van der Waals surface area contributed by atoms with Crippen molar-refractivity contribution in [3.63, 3.8) is 0 Å². The predicted octanol–water partition coefficient (Wildman–Crippen LogP) is 1.78. The Kier molecular flexibility index (Phi) is 2.98. The van der Waals surface area contributed by atoms with Gasteiger partial charge in [-0.3, -0.25) is 4.72 Å². The first-order valence-electron chi connectivity index (χ1n) is 6.05. The van der Waals surface area contributed by atoms with E-state index in [0.717, 1.165) is 22.9 Å². The molecule has 20 heavy (non-hydrogen) atoms. The van der Waals surface area contributed by atoms with Gasteiger partial charge in [0.25, 0.3) is 0 Å². The summed E-state index contributed by atoms with van der Waals surface area (Å²) >= 11 is 0. The zero-order valence-corrected chi connectivity index (χ0v) is 11.7. The fraction of sp³-hybridized carbons (Fsp3) is 0.154. The summed E-state index contributed by atoms with van der Waals surface area (Å²) in [7, 11) is -3.27. The lowest BCUT2D eigenvalue weighted by Gasteiger charge is -2.07. The third-order valence-electron chi connectivity index (χ3n) is 2.97. The lowest BCUT2D eigenvalue weighted by molar-refractivity contribution is 0.607. The van der Waals surface area contributed by atoms with Gasteiger partial charge in [-0.2, -0.15) is 0 Å². The van der Waals surface area contributed by atoms with Crippen molar-refractivity contribution < 1.29 is 8.42 Å². The summed E-state index contributed by atoms with van der Waals surface area (Å²) in [5.74, 6) is 0. The van der Waals surface area contributed by atoms with Gasteiger partial charge in [-0.05, 0) is 23.6 Å². The Labute approximate surface area is 116 Å². The third-order valence-corrected chi connectivity index (χ3v) is 3.58. The Morgan fingerprint density at radius 2 is 2.20 bits per heavy atom. The van der Waals surface area contributed by atoms with E-state index in [-0.39, 0.29) is 0 Å². The number of nitrogens with one attached hydrogen (secondary N) is 2. The van der Waals surface area contributed by atoms with Crippen LogP contribution >= 0.6 is 0 Å². The van der Waals surface area contributed by atoms with Gasteiger partial charge in [0.2, 0.25) is 10.0 Å². The first-order chi connectivity index (χ1) is 9.51. The summed E-state index contributed by atoms with van der Waals surface area (Å²) in [4.78, 5) is 7.04. The molecule has 0 radical (unpaired) electrons. The van der Waals surface area contributed by atoms with Crippen LogP contribution in [0.5, 0.6) is 0 Å². The summed E-state index contributed by atoms with van der Waals surface area (Å²) in [5.41, 5.74) is 2.52. The van der Waals surface area contributed by atoms with Gasteiger partial charge in [0, 0.05) is 12.4 Å². The van der Waals surface area contributed by atoms with Crippen molar-refractivity contribution in [1.82, 2.24) is 14.5 Å². The molecular weight excluding hydrogens is 276 g/mol. The summed E-state index contributed by atoms with van der Waals surface area (Å²) in [6.07, 6.45) is 6.51. The van der Waals surface area contributed by atoms with Crippen molar-refractivity contribution in [2.24, 2.45) is 0 Å². The molecule has 0 aliphatic rings. The molecule has 0 unspecified atom stereocenters. The van der Waals surface area contributed by atoms with Gasteiger partial charge in [-0.1, -0.05) is 6.07 Å². The Bertz CT molecular complexity index is 835. The van der Waals surface area contributed by atoms with Gasteiger partial charge in [-0.25, -0.2) is 13.4 Å². The molecule has 3 aromatic rings. The number of benzene rings is 1. The van der Waals surface area contributed by atoms with Crippen LogP contribution in [0.15, 0.2) is 43.0 Å². The van der Waals surface area contributed by atoms with Crippen LogP contribution in [0, 0.1) is 0 Å². The van der Waals surface area contributed by atoms with E-state index in [0.29, 0.717) is 12.2 Å². The number of sulfonamides is 1. The molecule has 6 nitrogen and oxygen atoms in total. The van der Waals surface area contributed by atoms with Crippen molar-refractivity contribution >= 4 is 26.6 Å². The van der Waals surface area contributed by atoms with Crippen LogP contribution in [-0.4, -0.2) is 29.2 Å². The van der Waals surface area contributed by atoms with E-state index in [1.165, 1.54) is 0 Å². The van der Waals surface area contributed by atoms with E-state index in [1.54, 1.807) is 18.6 Å². The van der Waals surface area contributed by atoms with Crippen LogP contribution in [0.25, 0.3) is 10.9 Å². The summed E-state index contributed by atoms with van der Waals surface area (Å²) in [6, 6.07) is 7.47. The number of fused-ring (bicyclic) bond motifs is 1. The van der Waals surface area contributed by atoms with E-state index in [1.807, 2.05) is 29.0 Å². The highest BCUT2D eigenvalue weighted by molar-refractivity contribution is 7.92. The van der Waals surface area contributed by atoms with Crippen LogP contribution < -0.4 is 4.72 Å². The fourth-order valence-corrected chi connectivity index (χ4v) is 2.71. The second-order valence-electron chi connectivity index (χ2n) is 4.67. The van der Waals surface area contributed by atoms with E-state index in [4.69, 9.17) is 0 Å². The van der Waals surface area contributed by atoms with Crippen molar-refractivity contribution in [1.29, 1.82) is 0 Å². The molecule has 3 rings (SSSR count). The Hall–Kier alpha value is -2.28. The maximum absolute atomic E-state index is 11.3. The molecule has 2 heterocycles. The second kappa shape index (κ2) is 4.68. The van der Waals surface area contributed by atoms with Crippen molar-refractivity contribution in [2.45, 2.75) is 6.54 Å². The zero-order chi connectivity index (χ0) is 14.2. The Morgan fingerprint density at radius 3 is 2.90 bits per heavy atom. The molecule has 0 saturated carbocycles. The van der Waals surface area contributed by atoms with Gasteiger partial charge in [0.15, 0.2) is 0 Å². The lowest BCUT2D eigenvalue weighted by Crippen LogP contribution is -2.09. The number of aromatic amines is 1. The molecule has 2 aromatic heterocycles. The molecule has 0 spiro atoms. The standard InChI is InChI=1S/C13H14N4O2S/c1-20(18,19)16-11-3-2-10-4-5-17(13(10)6-11)8-12-7-14-9-15-12/h2-7,9,16H,8H2,1H3,(H,14,15). The zero-order valence-electron chi connectivity index (χ0n) is 10.9. The predicted molar refractivity (Wildman–Crippen MR) is 78.1 cm³/mol. The molecule has 0 bridgehead atoms. The third kappa shape index (κ3) is 2.67. The Morgan fingerprint density at radius 1 is 1.35 bits per heavy atom. The van der Waals surface area contributed by atoms with E-state index in [2.05, 4.69) is 14.7 Å². The topological polar surface area (TPSA) is 79.8 Å². The number of hydrogen-bond acceptors (Lipinski definition) is 3. The molecule has 0 aliphatic heterocycles. The van der Waals surface area contributed by atoms with Crippen molar-refractivity contribution in [3.8, 4) is 0 Å². The molecule has 2 N–H and O–H groups in total. The van der Waals surface area contributed by atoms with Gasteiger partial charge in [0.05, 0.1) is 36.0 Å². The van der Waals surface area contributed by atoms with E-state index < -0.39 is 10.0 Å². The maximum atomic E-state index is 11.3. The van der Waals surface area contributed by atoms with Crippen LogP contribution in [0.3, 0.4) is 0 Å². The number of H-pyrrole nitrogens is 1. The lowest BCUT2D eigenvalue weighted by atomic mass is 10.2. The first kappa shape index (κ1) is 12.7. The van der Waals surface area contributed by atoms with Crippen LogP contribution in [0.1, 0.15) is 5.69 Å². The molecule has 0 aliphatic carbocycles. The van der Waals surface area contributed by atoms with Crippen molar-refractivity contribution in [3.05, 3.63) is 48.7 Å². The molecule has 0 amide bonds. The molecule has 0 atom stereocenters. The summed E-state index contributed by atoms with van der Waals surface area (Å²) in [6.45, 7) is 0.659. The van der Waals surface area contributed by atoms with Crippen LogP contribution in [0.2, 0.25) is 0 Å². The smallest absolute Gasteiger partial charge is 0.229 e. The van der Waals surface area contributed by atoms with Gasteiger partial charge in [0.1, 0.15) is 0 Å². The highest BCUT2D eigenvalue weighted by Crippen LogP contribution is 2.21. The average Bonchev–Trinajstić information content (AvgIpc) is 2.98. The number of imidazole rings is 1. The number of nitrogens with zero attached hydrogens (tertiary/aromatic N) is 2. The summed E-state index contributed by atoms with van der Waals surface area (Å²) < 4.78 is 27.1. The minimum absolute atomic E-state index is 0.560. The quantitative estimate of drug-likeness (QED) is 0.768. The monoisotopic (exact) mass is 290 g/mol. The number of hydrogen-bond donors (Lipinski definition) is 2.